The number of aryl methyl sites for hydroxylation is 1. The number of rotatable bonds is 6. The van der Waals surface area contributed by atoms with Crippen molar-refractivity contribution in [2.24, 2.45) is 5.92 Å². The molecule has 0 unspecified atom stereocenters. The number of pyridine rings is 1. The first-order chi connectivity index (χ1) is 11.9. The molecule has 5 nitrogen and oxygen atoms in total. The van der Waals surface area contributed by atoms with Crippen molar-refractivity contribution in [3.8, 4) is 0 Å². The Balaban J connectivity index is 1.71. The van der Waals surface area contributed by atoms with Crippen LogP contribution in [0.15, 0.2) is 35.2 Å². The van der Waals surface area contributed by atoms with Gasteiger partial charge >= 0.3 is 0 Å². The summed E-state index contributed by atoms with van der Waals surface area (Å²) in [5.41, 5.74) is 3.05. The van der Waals surface area contributed by atoms with Gasteiger partial charge in [-0.05, 0) is 59.7 Å². The molecule has 3 heterocycles. The molecule has 3 rings (SSSR count). The summed E-state index contributed by atoms with van der Waals surface area (Å²) >= 11 is 1.63. The van der Waals surface area contributed by atoms with E-state index in [0.29, 0.717) is 12.8 Å². The van der Waals surface area contributed by atoms with Crippen LogP contribution in [0.1, 0.15) is 35.7 Å². The van der Waals surface area contributed by atoms with Gasteiger partial charge in [0.15, 0.2) is 9.84 Å². The summed E-state index contributed by atoms with van der Waals surface area (Å²) in [7, 11) is -2.96. The Bertz CT molecular complexity index is 832. The Kier molecular flexibility index (Phi) is 5.54. The van der Waals surface area contributed by atoms with Crippen molar-refractivity contribution in [3.63, 3.8) is 0 Å². The molecule has 134 valence electrons. The van der Waals surface area contributed by atoms with Crippen LogP contribution in [0.5, 0.6) is 0 Å². The monoisotopic (exact) mass is 378 g/mol. The summed E-state index contributed by atoms with van der Waals surface area (Å²) in [4.78, 5) is 17.0. The van der Waals surface area contributed by atoms with E-state index >= 15 is 0 Å². The second-order valence-electron chi connectivity index (χ2n) is 6.63. The standard InChI is InChI=1S/C18H22N2O3S2/c1-13-3-2-6-19-18(13)16(9-14-4-7-24-11-14)20-17(21)10-15-5-8-25(22,23)12-15/h2-4,6-7,11,15-16H,5,8-10,12H2,1H3,(H,20,21)/t15-,16+/m0/s1. The quantitative estimate of drug-likeness (QED) is 0.838. The third kappa shape index (κ3) is 4.89. The first-order valence-electron chi connectivity index (χ1n) is 8.35. The molecular weight excluding hydrogens is 356 g/mol. The maximum atomic E-state index is 12.5. The third-order valence-corrected chi connectivity index (χ3v) is 7.10. The first kappa shape index (κ1) is 18.1. The van der Waals surface area contributed by atoms with Gasteiger partial charge in [-0.2, -0.15) is 11.3 Å². The highest BCUT2D eigenvalue weighted by atomic mass is 32.2. The van der Waals surface area contributed by atoms with Gasteiger partial charge in [0.2, 0.25) is 5.91 Å². The molecule has 1 saturated heterocycles. The van der Waals surface area contributed by atoms with Gasteiger partial charge in [0, 0.05) is 12.6 Å². The van der Waals surface area contributed by atoms with Crippen molar-refractivity contribution in [1.82, 2.24) is 10.3 Å². The minimum absolute atomic E-state index is 0.0726. The molecule has 1 fully saturated rings. The van der Waals surface area contributed by atoms with E-state index in [4.69, 9.17) is 0 Å². The zero-order valence-corrected chi connectivity index (χ0v) is 15.8. The molecule has 0 spiro atoms. The van der Waals surface area contributed by atoms with Crippen LogP contribution in [0, 0.1) is 12.8 Å². The molecule has 0 saturated carbocycles. The number of hydrogen-bond acceptors (Lipinski definition) is 5. The highest BCUT2D eigenvalue weighted by Gasteiger charge is 2.30. The summed E-state index contributed by atoms with van der Waals surface area (Å²) in [5.74, 6) is 0.143. The van der Waals surface area contributed by atoms with E-state index in [1.807, 2.05) is 30.5 Å². The van der Waals surface area contributed by atoms with Gasteiger partial charge in [-0.25, -0.2) is 8.42 Å². The smallest absolute Gasteiger partial charge is 0.220 e. The summed E-state index contributed by atoms with van der Waals surface area (Å²) in [6.45, 7) is 1.98. The second kappa shape index (κ2) is 7.66. The molecule has 0 aromatic carbocycles. The number of carbonyl (C=O) groups is 1. The normalized spacial score (nSPS) is 20.3. The average Bonchev–Trinajstić information content (AvgIpc) is 3.16. The van der Waals surface area contributed by atoms with E-state index in [2.05, 4.69) is 15.7 Å². The lowest BCUT2D eigenvalue weighted by molar-refractivity contribution is -0.122. The Morgan fingerprint density at radius 2 is 2.28 bits per heavy atom. The van der Waals surface area contributed by atoms with Crippen LogP contribution < -0.4 is 5.32 Å². The SMILES string of the molecule is Cc1cccnc1[C@@H](Cc1ccsc1)NC(=O)C[C@@H]1CCS(=O)(=O)C1. The van der Waals surface area contributed by atoms with E-state index in [0.717, 1.165) is 16.8 Å². The number of carbonyl (C=O) groups excluding carboxylic acids is 1. The molecule has 7 heteroatoms. The van der Waals surface area contributed by atoms with Crippen LogP contribution in [0.2, 0.25) is 0 Å². The summed E-state index contributed by atoms with van der Waals surface area (Å²) in [6.07, 6.45) is 3.24. The lowest BCUT2D eigenvalue weighted by Gasteiger charge is -2.20. The van der Waals surface area contributed by atoms with Crippen molar-refractivity contribution < 1.29 is 13.2 Å². The van der Waals surface area contributed by atoms with Crippen molar-refractivity contribution in [3.05, 3.63) is 52.0 Å². The Morgan fingerprint density at radius 3 is 2.92 bits per heavy atom. The summed E-state index contributed by atoms with van der Waals surface area (Å²) in [5, 5.41) is 7.16. The molecule has 25 heavy (non-hydrogen) atoms. The fraction of sp³-hybridized carbons (Fsp3) is 0.444. The van der Waals surface area contributed by atoms with Gasteiger partial charge in [-0.3, -0.25) is 9.78 Å². The topological polar surface area (TPSA) is 76.1 Å². The lowest BCUT2D eigenvalue weighted by atomic mass is 10.00. The third-order valence-electron chi connectivity index (χ3n) is 4.54. The van der Waals surface area contributed by atoms with Crippen molar-refractivity contribution >= 4 is 27.1 Å². The van der Waals surface area contributed by atoms with Crippen molar-refractivity contribution in [2.45, 2.75) is 32.2 Å². The maximum absolute atomic E-state index is 12.5. The first-order valence-corrected chi connectivity index (χ1v) is 11.1. The van der Waals surface area contributed by atoms with Crippen LogP contribution >= 0.6 is 11.3 Å². The molecule has 2 atom stereocenters. The van der Waals surface area contributed by atoms with Gasteiger partial charge in [-0.1, -0.05) is 6.07 Å². The van der Waals surface area contributed by atoms with Crippen LogP contribution in [-0.2, 0) is 21.1 Å². The Hall–Kier alpha value is -1.73. The zero-order valence-electron chi connectivity index (χ0n) is 14.1. The van der Waals surface area contributed by atoms with Crippen LogP contribution in [0.4, 0.5) is 0 Å². The molecule has 1 N–H and O–H groups in total. The van der Waals surface area contributed by atoms with E-state index in [9.17, 15) is 13.2 Å². The van der Waals surface area contributed by atoms with Crippen molar-refractivity contribution in [1.29, 1.82) is 0 Å². The number of nitrogens with zero attached hydrogens (tertiary/aromatic N) is 1. The molecule has 0 bridgehead atoms. The van der Waals surface area contributed by atoms with E-state index in [1.54, 1.807) is 17.5 Å². The lowest BCUT2D eigenvalue weighted by Crippen LogP contribution is -2.32. The molecule has 1 aliphatic rings. The van der Waals surface area contributed by atoms with Crippen LogP contribution in [-0.4, -0.2) is 30.8 Å². The molecule has 2 aromatic heterocycles. The number of thiophene rings is 1. The Morgan fingerprint density at radius 1 is 1.44 bits per heavy atom. The van der Waals surface area contributed by atoms with Crippen LogP contribution in [0.3, 0.4) is 0 Å². The molecule has 0 radical (unpaired) electrons. The number of hydrogen-bond donors (Lipinski definition) is 1. The predicted octanol–water partition coefficient (Wildman–Crippen LogP) is 2.68. The zero-order chi connectivity index (χ0) is 17.9. The van der Waals surface area contributed by atoms with Gasteiger partial charge in [0.25, 0.3) is 0 Å². The fourth-order valence-electron chi connectivity index (χ4n) is 3.27. The number of sulfone groups is 1. The molecule has 1 aliphatic heterocycles. The van der Waals surface area contributed by atoms with Crippen LogP contribution in [0.25, 0.3) is 0 Å². The van der Waals surface area contributed by atoms with E-state index < -0.39 is 9.84 Å². The van der Waals surface area contributed by atoms with Gasteiger partial charge in [0.1, 0.15) is 0 Å². The number of amides is 1. The Labute approximate surface area is 152 Å². The number of aromatic nitrogens is 1. The predicted molar refractivity (Wildman–Crippen MR) is 99.3 cm³/mol. The van der Waals surface area contributed by atoms with Gasteiger partial charge in [0.05, 0.1) is 23.2 Å². The summed E-state index contributed by atoms with van der Waals surface area (Å²) < 4.78 is 23.2. The van der Waals surface area contributed by atoms with Crippen molar-refractivity contribution in [2.75, 3.05) is 11.5 Å². The van der Waals surface area contributed by atoms with Gasteiger partial charge < -0.3 is 5.32 Å². The minimum Gasteiger partial charge on any atom is -0.347 e. The highest BCUT2D eigenvalue weighted by molar-refractivity contribution is 7.91. The summed E-state index contributed by atoms with van der Waals surface area (Å²) in [6, 6.07) is 5.71. The average molecular weight is 379 g/mol. The number of nitrogens with one attached hydrogen (secondary N) is 1. The van der Waals surface area contributed by atoms with E-state index in [1.165, 1.54) is 0 Å². The molecule has 2 aromatic rings. The van der Waals surface area contributed by atoms with E-state index in [-0.39, 0.29) is 35.8 Å². The largest absolute Gasteiger partial charge is 0.347 e. The fourth-order valence-corrected chi connectivity index (χ4v) is 5.82. The minimum atomic E-state index is -2.96. The molecule has 0 aliphatic carbocycles. The molecular formula is C18H22N2O3S2. The maximum Gasteiger partial charge on any atom is 0.220 e. The van der Waals surface area contributed by atoms with Gasteiger partial charge in [-0.15, -0.1) is 0 Å². The molecule has 1 amide bonds. The highest BCUT2D eigenvalue weighted by Crippen LogP contribution is 2.24. The second-order valence-corrected chi connectivity index (χ2v) is 9.64.